The fourth-order valence-electron chi connectivity index (χ4n) is 2.79. The summed E-state index contributed by atoms with van der Waals surface area (Å²) in [5, 5.41) is 10.5. The highest BCUT2D eigenvalue weighted by Crippen LogP contribution is 2.34. The molecule has 2 aliphatic rings. The number of benzene rings is 1. The van der Waals surface area contributed by atoms with Crippen molar-refractivity contribution in [2.45, 2.75) is 37.0 Å². The molecule has 6 atom stereocenters. The normalized spacial score (nSPS) is 39.8. The van der Waals surface area contributed by atoms with Gasteiger partial charge in [-0.2, -0.15) is 0 Å². The fraction of sp³-hybridized carbons (Fsp3) is 0.600. The minimum atomic E-state index is -0.839. The van der Waals surface area contributed by atoms with Crippen LogP contribution in [-0.4, -0.2) is 56.6 Å². The van der Waals surface area contributed by atoms with Crippen LogP contribution in [0.4, 0.5) is 0 Å². The molecule has 0 amide bonds. The van der Waals surface area contributed by atoms with Crippen molar-refractivity contribution in [3.8, 4) is 0 Å². The van der Waals surface area contributed by atoms with Gasteiger partial charge in [0.1, 0.15) is 24.4 Å². The Balaban J connectivity index is 1.75. The molecule has 1 N–H and O–H groups in total. The van der Waals surface area contributed by atoms with Gasteiger partial charge in [0.15, 0.2) is 12.6 Å². The van der Waals surface area contributed by atoms with Gasteiger partial charge in [0, 0.05) is 19.8 Å². The van der Waals surface area contributed by atoms with E-state index in [2.05, 4.69) is 0 Å². The second-order valence-electron chi connectivity index (χ2n) is 5.15. The smallest absolute Gasteiger partial charge is 0.186 e. The van der Waals surface area contributed by atoms with E-state index in [0.717, 1.165) is 5.56 Å². The van der Waals surface area contributed by atoms with E-state index >= 15 is 0 Å². The molecular formula is C15H20O6. The summed E-state index contributed by atoms with van der Waals surface area (Å²) in [5.74, 6) is 0. The Kier molecular flexibility index (Phi) is 4.54. The molecular weight excluding hydrogens is 276 g/mol. The van der Waals surface area contributed by atoms with Crippen LogP contribution in [0, 0.1) is 0 Å². The van der Waals surface area contributed by atoms with Crippen LogP contribution in [0.2, 0.25) is 0 Å². The number of methoxy groups -OCH3 is 2. The van der Waals surface area contributed by atoms with E-state index in [9.17, 15) is 5.11 Å². The van der Waals surface area contributed by atoms with Gasteiger partial charge in [0.05, 0.1) is 6.61 Å². The summed E-state index contributed by atoms with van der Waals surface area (Å²) in [7, 11) is 3.03. The molecule has 0 saturated carbocycles. The zero-order valence-electron chi connectivity index (χ0n) is 12.0. The van der Waals surface area contributed by atoms with Crippen molar-refractivity contribution in [2.24, 2.45) is 0 Å². The average Bonchev–Trinajstić information content (AvgIpc) is 2.55. The molecule has 0 radical (unpaired) electrons. The fourth-order valence-corrected chi connectivity index (χ4v) is 2.79. The Labute approximate surface area is 123 Å². The van der Waals surface area contributed by atoms with Gasteiger partial charge < -0.3 is 28.8 Å². The zero-order valence-corrected chi connectivity index (χ0v) is 12.0. The molecule has 0 spiro atoms. The first-order valence-corrected chi connectivity index (χ1v) is 6.95. The zero-order chi connectivity index (χ0) is 14.8. The summed E-state index contributed by atoms with van der Waals surface area (Å²) in [6.45, 7) is 0.331. The van der Waals surface area contributed by atoms with Gasteiger partial charge in [-0.15, -0.1) is 0 Å². The molecule has 6 nitrogen and oxygen atoms in total. The van der Waals surface area contributed by atoms with E-state index in [4.69, 9.17) is 23.7 Å². The monoisotopic (exact) mass is 296 g/mol. The largest absolute Gasteiger partial charge is 0.387 e. The van der Waals surface area contributed by atoms with E-state index < -0.39 is 30.9 Å². The molecule has 1 aromatic rings. The number of fused-ring (bicyclic) bond motifs is 1. The maximum Gasteiger partial charge on any atom is 0.186 e. The lowest BCUT2D eigenvalue weighted by atomic mass is 9.97. The van der Waals surface area contributed by atoms with Gasteiger partial charge in [-0.3, -0.25) is 0 Å². The topological polar surface area (TPSA) is 66.4 Å². The van der Waals surface area contributed by atoms with Crippen molar-refractivity contribution in [2.75, 3.05) is 20.8 Å². The average molecular weight is 296 g/mol. The lowest BCUT2D eigenvalue weighted by Crippen LogP contribution is -2.62. The predicted octanol–water partition coefficient (Wildman–Crippen LogP) is 0.848. The van der Waals surface area contributed by atoms with Gasteiger partial charge in [0.2, 0.25) is 0 Å². The summed E-state index contributed by atoms with van der Waals surface area (Å²) in [6, 6.07) is 9.61. The Morgan fingerprint density at radius 2 is 1.86 bits per heavy atom. The lowest BCUT2D eigenvalue weighted by Gasteiger charge is -2.46. The van der Waals surface area contributed by atoms with E-state index in [1.54, 1.807) is 0 Å². The third-order valence-corrected chi connectivity index (χ3v) is 3.89. The van der Waals surface area contributed by atoms with Crippen molar-refractivity contribution < 1.29 is 28.8 Å². The van der Waals surface area contributed by atoms with Crippen LogP contribution in [0.1, 0.15) is 11.9 Å². The van der Waals surface area contributed by atoms with E-state index in [1.807, 2.05) is 30.3 Å². The Hall–Kier alpha value is -1.02. The Bertz CT molecular complexity index is 453. The highest BCUT2D eigenvalue weighted by molar-refractivity contribution is 5.16. The van der Waals surface area contributed by atoms with Gasteiger partial charge in [0.25, 0.3) is 0 Å². The van der Waals surface area contributed by atoms with Crippen LogP contribution in [0.5, 0.6) is 0 Å². The highest BCUT2D eigenvalue weighted by Gasteiger charge is 2.49. The van der Waals surface area contributed by atoms with Crippen molar-refractivity contribution in [3.63, 3.8) is 0 Å². The lowest BCUT2D eigenvalue weighted by molar-refractivity contribution is -0.360. The maximum atomic E-state index is 10.5. The number of aliphatic hydroxyl groups excluding tert-OH is 1. The number of rotatable bonds is 3. The minimum absolute atomic E-state index is 0.331. The van der Waals surface area contributed by atoms with Crippen molar-refractivity contribution in [1.29, 1.82) is 0 Å². The molecule has 0 aromatic heterocycles. The first kappa shape index (κ1) is 14.9. The highest BCUT2D eigenvalue weighted by atomic mass is 16.8. The summed E-state index contributed by atoms with van der Waals surface area (Å²) >= 11 is 0. The van der Waals surface area contributed by atoms with Crippen LogP contribution in [0.3, 0.4) is 0 Å². The third-order valence-electron chi connectivity index (χ3n) is 3.89. The van der Waals surface area contributed by atoms with Gasteiger partial charge in [-0.1, -0.05) is 30.3 Å². The quantitative estimate of drug-likeness (QED) is 0.892. The molecule has 1 aromatic carbocycles. The molecule has 3 rings (SSSR count). The molecule has 0 aliphatic carbocycles. The molecule has 21 heavy (non-hydrogen) atoms. The third kappa shape index (κ3) is 2.83. The Morgan fingerprint density at radius 1 is 1.10 bits per heavy atom. The molecule has 2 aliphatic heterocycles. The summed E-state index contributed by atoms with van der Waals surface area (Å²) in [4.78, 5) is 0. The first-order valence-electron chi connectivity index (χ1n) is 6.95. The van der Waals surface area contributed by atoms with E-state index in [1.165, 1.54) is 14.2 Å². The Morgan fingerprint density at radius 3 is 2.52 bits per heavy atom. The minimum Gasteiger partial charge on any atom is -0.387 e. The number of ether oxygens (including phenoxy) is 5. The second-order valence-corrected chi connectivity index (χ2v) is 5.15. The van der Waals surface area contributed by atoms with Crippen LogP contribution in [0.15, 0.2) is 30.3 Å². The molecule has 2 heterocycles. The van der Waals surface area contributed by atoms with Crippen LogP contribution in [0.25, 0.3) is 0 Å². The van der Waals surface area contributed by atoms with Crippen LogP contribution < -0.4 is 0 Å². The predicted molar refractivity (Wildman–Crippen MR) is 72.5 cm³/mol. The SMILES string of the molecule is CO[C@H]1O[C@@H]2COC(c3ccccc3)O[C@H]2[C@@H](O)[C@@H]1OC. The second kappa shape index (κ2) is 6.39. The summed E-state index contributed by atoms with van der Waals surface area (Å²) < 4.78 is 27.8. The van der Waals surface area contributed by atoms with Crippen LogP contribution >= 0.6 is 0 Å². The number of hydrogen-bond donors (Lipinski definition) is 1. The molecule has 2 fully saturated rings. The van der Waals surface area contributed by atoms with E-state index in [0.29, 0.717) is 6.61 Å². The molecule has 2 saturated heterocycles. The van der Waals surface area contributed by atoms with Gasteiger partial charge in [-0.25, -0.2) is 0 Å². The van der Waals surface area contributed by atoms with Crippen molar-refractivity contribution in [3.05, 3.63) is 35.9 Å². The summed E-state index contributed by atoms with van der Waals surface area (Å²) in [6.07, 6.45) is -3.47. The molecule has 0 bridgehead atoms. The van der Waals surface area contributed by atoms with Crippen LogP contribution in [-0.2, 0) is 23.7 Å². The van der Waals surface area contributed by atoms with E-state index in [-0.39, 0.29) is 6.10 Å². The summed E-state index contributed by atoms with van der Waals surface area (Å²) in [5.41, 5.74) is 0.908. The molecule has 6 heteroatoms. The maximum absolute atomic E-state index is 10.5. The van der Waals surface area contributed by atoms with Gasteiger partial charge in [-0.05, 0) is 0 Å². The van der Waals surface area contributed by atoms with Crippen molar-refractivity contribution >= 4 is 0 Å². The molecule has 1 unspecified atom stereocenters. The van der Waals surface area contributed by atoms with Crippen molar-refractivity contribution in [1.82, 2.24) is 0 Å². The van der Waals surface area contributed by atoms with Gasteiger partial charge >= 0.3 is 0 Å². The standard InChI is InChI=1S/C15H20O6/c1-17-13-11(16)12-10(20-15(13)18-2)8-19-14(21-12)9-6-4-3-5-7-9/h3-7,10-16H,8H2,1-2H3/t10-,11-,12-,13+,14?,15+/m1/s1. The first-order chi connectivity index (χ1) is 10.2. The number of aliphatic hydroxyl groups is 1. The molecule has 116 valence electrons. The number of hydrogen-bond acceptors (Lipinski definition) is 6.